The average molecular weight is 681 g/mol. The van der Waals surface area contributed by atoms with Crippen molar-refractivity contribution in [2.75, 3.05) is 19.7 Å². The molecule has 3 aliphatic rings. The average Bonchev–Trinajstić information content (AvgIpc) is 3.67. The van der Waals surface area contributed by atoms with Crippen LogP contribution >= 0.6 is 0 Å². The van der Waals surface area contributed by atoms with Crippen LogP contribution in [0.5, 0.6) is 5.75 Å². The number of H-pyrrole nitrogens is 1. The smallest absolute Gasteiger partial charge is 0.258 e. The molecule has 12 nitrogen and oxygen atoms in total. The minimum Gasteiger partial charge on any atom is -0.484 e. The maximum atomic E-state index is 14.3. The molecule has 4 atom stereocenters. The molecule has 262 valence electrons. The molecule has 6 rings (SSSR count). The van der Waals surface area contributed by atoms with Gasteiger partial charge in [-0.05, 0) is 68.4 Å². The van der Waals surface area contributed by atoms with Crippen LogP contribution in [0.25, 0.3) is 10.9 Å². The van der Waals surface area contributed by atoms with Gasteiger partial charge >= 0.3 is 0 Å². The van der Waals surface area contributed by atoms with Crippen LogP contribution in [0.4, 0.5) is 8.78 Å². The SMILES string of the molecule is Cc1[nH]c2c(F)cc(F)cc2c1CCNC(=O)[C@@H]1Cc2ccc(cc2)OCC(=O)N[C@@H](C(C)C)C(=O)N2CCC[C@@H]2C(=O)N[C@@H](C)C(=O)N1. The van der Waals surface area contributed by atoms with Crippen molar-refractivity contribution < 1.29 is 37.5 Å². The van der Waals surface area contributed by atoms with Crippen molar-refractivity contribution in [2.45, 2.75) is 77.5 Å². The summed E-state index contributed by atoms with van der Waals surface area (Å²) in [6.45, 7) is 6.92. The number of fused-ring (bicyclic) bond motifs is 14. The number of nitrogens with one attached hydrogen (secondary N) is 5. The van der Waals surface area contributed by atoms with Gasteiger partial charge in [-0.25, -0.2) is 8.78 Å². The van der Waals surface area contributed by atoms with Crippen LogP contribution in [0, 0.1) is 24.5 Å². The zero-order valence-corrected chi connectivity index (χ0v) is 28.0. The van der Waals surface area contributed by atoms with Crippen LogP contribution in [0.1, 0.15) is 50.4 Å². The first-order valence-corrected chi connectivity index (χ1v) is 16.5. The van der Waals surface area contributed by atoms with E-state index in [-0.39, 0.29) is 37.4 Å². The van der Waals surface area contributed by atoms with Crippen LogP contribution in [-0.4, -0.2) is 83.3 Å². The summed E-state index contributed by atoms with van der Waals surface area (Å²) in [7, 11) is 0. The molecular weight excluding hydrogens is 638 g/mol. The van der Waals surface area contributed by atoms with Crippen molar-refractivity contribution in [3.63, 3.8) is 0 Å². The number of halogens is 2. The summed E-state index contributed by atoms with van der Waals surface area (Å²) in [6, 6.07) is 4.91. The van der Waals surface area contributed by atoms with Gasteiger partial charge in [-0.1, -0.05) is 26.0 Å². The summed E-state index contributed by atoms with van der Waals surface area (Å²) >= 11 is 0. The lowest BCUT2D eigenvalue weighted by Crippen LogP contribution is -2.58. The number of aryl methyl sites for hydroxylation is 1. The molecule has 2 bridgehead atoms. The van der Waals surface area contributed by atoms with Crippen LogP contribution in [0.2, 0.25) is 0 Å². The third kappa shape index (κ3) is 8.18. The highest BCUT2D eigenvalue weighted by atomic mass is 19.1. The lowest BCUT2D eigenvalue weighted by molar-refractivity contribution is -0.143. The molecule has 3 aromatic rings. The minimum absolute atomic E-state index is 0.0858. The van der Waals surface area contributed by atoms with Crippen molar-refractivity contribution in [1.82, 2.24) is 31.2 Å². The van der Waals surface area contributed by atoms with Crippen molar-refractivity contribution in [2.24, 2.45) is 5.92 Å². The number of hydrogen-bond donors (Lipinski definition) is 5. The third-order valence-corrected chi connectivity index (χ3v) is 9.03. The molecule has 1 fully saturated rings. The highest BCUT2D eigenvalue weighted by Crippen LogP contribution is 2.26. The van der Waals surface area contributed by atoms with E-state index in [1.165, 1.54) is 17.9 Å². The zero-order chi connectivity index (χ0) is 35.4. The van der Waals surface area contributed by atoms with E-state index >= 15 is 0 Å². The Morgan fingerprint density at radius 3 is 2.49 bits per heavy atom. The van der Waals surface area contributed by atoms with Crippen LogP contribution < -0.4 is 26.0 Å². The second kappa shape index (κ2) is 15.0. The number of hydrogen-bond acceptors (Lipinski definition) is 6. The van der Waals surface area contributed by atoms with Gasteiger partial charge in [0.05, 0.1) is 5.52 Å². The van der Waals surface area contributed by atoms with E-state index in [1.807, 2.05) is 0 Å². The lowest BCUT2D eigenvalue weighted by atomic mass is 10.0. The van der Waals surface area contributed by atoms with Gasteiger partial charge in [0.25, 0.3) is 5.91 Å². The molecule has 5 amide bonds. The Hall–Kier alpha value is -5.01. The second-order valence-electron chi connectivity index (χ2n) is 13.0. The quantitative estimate of drug-likeness (QED) is 0.278. The fourth-order valence-corrected chi connectivity index (χ4v) is 6.36. The number of aromatic nitrogens is 1. The predicted octanol–water partition coefficient (Wildman–Crippen LogP) is 2.17. The normalized spacial score (nSPS) is 22.5. The first-order chi connectivity index (χ1) is 23.3. The Bertz CT molecular complexity index is 1740. The molecule has 0 radical (unpaired) electrons. The molecule has 5 N–H and O–H groups in total. The Kier molecular flexibility index (Phi) is 10.8. The van der Waals surface area contributed by atoms with Crippen LogP contribution in [-0.2, 0) is 36.8 Å². The molecule has 0 aliphatic carbocycles. The fourth-order valence-electron chi connectivity index (χ4n) is 6.36. The number of aromatic amines is 1. The standard InChI is InChI=1S/C35H42F2N6O6/c1-18(2)30-35(48)43-13-5-6-28(43)34(47)40-20(4)32(45)41-27(14-21-7-9-23(10-8-21)49-17-29(44)42-30)33(46)38-12-11-24-19(3)39-31-25(24)15-22(36)16-26(31)37/h7-10,15-16,18,20,27-28,30,39H,5-6,11-14,17H2,1-4H3,(H,38,46)(H,40,47)(H,41,45)(H,42,44)/t20-,27-,28+,30-/m0/s1. The van der Waals surface area contributed by atoms with Gasteiger partial charge in [-0.2, -0.15) is 0 Å². The summed E-state index contributed by atoms with van der Waals surface area (Å²) in [5, 5.41) is 11.4. The van der Waals surface area contributed by atoms with Crippen molar-refractivity contribution in [1.29, 1.82) is 0 Å². The number of carbonyl (C=O) groups excluding carboxylic acids is 5. The number of carbonyl (C=O) groups is 5. The molecule has 0 saturated carbocycles. The van der Waals surface area contributed by atoms with Gasteiger partial charge in [-0.15, -0.1) is 0 Å². The number of nitrogens with zero attached hydrogens (tertiary/aromatic N) is 1. The van der Waals surface area contributed by atoms with E-state index in [0.717, 1.165) is 6.07 Å². The molecule has 1 saturated heterocycles. The van der Waals surface area contributed by atoms with Gasteiger partial charge in [0.2, 0.25) is 23.6 Å². The van der Waals surface area contributed by atoms with Crippen molar-refractivity contribution in [3.05, 3.63) is 64.9 Å². The van der Waals surface area contributed by atoms with E-state index in [0.29, 0.717) is 47.3 Å². The Labute approximate surface area is 282 Å². The highest BCUT2D eigenvalue weighted by molar-refractivity contribution is 5.96. The third-order valence-electron chi connectivity index (χ3n) is 9.03. The predicted molar refractivity (Wildman–Crippen MR) is 176 cm³/mol. The molecule has 49 heavy (non-hydrogen) atoms. The van der Waals surface area contributed by atoms with Gasteiger partial charge in [0.15, 0.2) is 6.61 Å². The summed E-state index contributed by atoms with van der Waals surface area (Å²) in [6.07, 6.45) is 1.32. The minimum atomic E-state index is -1.05. The van der Waals surface area contributed by atoms with Gasteiger partial charge in [-0.3, -0.25) is 24.0 Å². The van der Waals surface area contributed by atoms with E-state index in [9.17, 15) is 32.8 Å². The topological polar surface area (TPSA) is 162 Å². The first-order valence-electron chi connectivity index (χ1n) is 16.5. The molecular formula is C35H42F2N6O6. The van der Waals surface area contributed by atoms with E-state index in [2.05, 4.69) is 26.3 Å². The van der Waals surface area contributed by atoms with Crippen molar-refractivity contribution >= 4 is 40.4 Å². The monoisotopic (exact) mass is 680 g/mol. The Balaban J connectivity index is 1.34. The second-order valence-corrected chi connectivity index (χ2v) is 13.0. The number of rotatable bonds is 5. The maximum Gasteiger partial charge on any atom is 0.258 e. The summed E-state index contributed by atoms with van der Waals surface area (Å²) in [4.78, 5) is 71.0. The van der Waals surface area contributed by atoms with Crippen LogP contribution in [0.15, 0.2) is 36.4 Å². The molecule has 2 aromatic carbocycles. The van der Waals surface area contributed by atoms with Gasteiger partial charge in [0, 0.05) is 36.7 Å². The number of amides is 5. The molecule has 4 heterocycles. The van der Waals surface area contributed by atoms with Gasteiger partial charge in [0.1, 0.15) is 41.6 Å². The molecule has 0 unspecified atom stereocenters. The molecule has 14 heteroatoms. The molecule has 1 aromatic heterocycles. The Morgan fingerprint density at radius 1 is 1.04 bits per heavy atom. The number of ether oxygens (including phenoxy) is 1. The fraction of sp³-hybridized carbons (Fsp3) is 0.457. The van der Waals surface area contributed by atoms with Crippen LogP contribution in [0.3, 0.4) is 0 Å². The highest BCUT2D eigenvalue weighted by Gasteiger charge is 2.39. The van der Waals surface area contributed by atoms with Crippen molar-refractivity contribution in [3.8, 4) is 5.75 Å². The largest absolute Gasteiger partial charge is 0.484 e. The lowest BCUT2D eigenvalue weighted by Gasteiger charge is -2.31. The van der Waals surface area contributed by atoms with E-state index in [1.54, 1.807) is 45.0 Å². The summed E-state index contributed by atoms with van der Waals surface area (Å²) in [5.74, 6) is -3.80. The first kappa shape index (κ1) is 35.3. The summed E-state index contributed by atoms with van der Waals surface area (Å²) < 4.78 is 33.9. The van der Waals surface area contributed by atoms with E-state index < -0.39 is 65.3 Å². The molecule has 0 spiro atoms. The number of benzene rings is 2. The van der Waals surface area contributed by atoms with Gasteiger partial charge < -0.3 is 35.9 Å². The zero-order valence-electron chi connectivity index (χ0n) is 28.0. The maximum absolute atomic E-state index is 14.3. The molecule has 3 aliphatic heterocycles. The van der Waals surface area contributed by atoms with E-state index in [4.69, 9.17) is 4.74 Å². The Morgan fingerprint density at radius 2 is 1.78 bits per heavy atom. The summed E-state index contributed by atoms with van der Waals surface area (Å²) in [5.41, 5.74) is 2.15.